The zero-order valence-corrected chi connectivity index (χ0v) is 51.5. The van der Waals surface area contributed by atoms with Gasteiger partial charge in [0, 0.05) is 63.3 Å². The van der Waals surface area contributed by atoms with Gasteiger partial charge in [-0.15, -0.1) is 29.7 Å². The molecule has 0 spiro atoms. The summed E-state index contributed by atoms with van der Waals surface area (Å²) in [6.45, 7) is 6.99. The van der Waals surface area contributed by atoms with Crippen LogP contribution in [-0.4, -0.2) is 14.1 Å². The van der Waals surface area contributed by atoms with Gasteiger partial charge in [-0.1, -0.05) is 186 Å². The van der Waals surface area contributed by atoms with Crippen LogP contribution in [0.5, 0.6) is 11.5 Å². The predicted molar refractivity (Wildman–Crippen MR) is 360 cm³/mol. The Bertz CT molecular complexity index is 6060. The zero-order chi connectivity index (χ0) is 71.7. The van der Waals surface area contributed by atoms with Crippen LogP contribution in [0.25, 0.3) is 139 Å². The quantitative estimate of drug-likeness (QED) is 0.118. The maximum atomic E-state index is 10.3. The Labute approximate surface area is 552 Å². The van der Waals surface area contributed by atoms with Crippen molar-refractivity contribution in [2.24, 2.45) is 0 Å². The molecule has 0 atom stereocenters. The van der Waals surface area contributed by atoms with Crippen LogP contribution in [0.4, 0.5) is 0 Å². The van der Waals surface area contributed by atoms with E-state index in [4.69, 9.17) is 22.4 Å². The number of ether oxygens (including phenoxy) is 1. The first-order valence-corrected chi connectivity index (χ1v) is 29.2. The number of nitrogens with zero attached hydrogens (tertiary/aromatic N) is 4. The van der Waals surface area contributed by atoms with Crippen molar-refractivity contribution in [2.75, 3.05) is 0 Å². The van der Waals surface area contributed by atoms with Crippen LogP contribution < -0.4 is 9.30 Å². The summed E-state index contributed by atoms with van der Waals surface area (Å²) in [6, 6.07) is 55.6. The van der Waals surface area contributed by atoms with E-state index in [1.807, 2.05) is 109 Å². The first-order chi connectivity index (χ1) is 48.4. The molecule has 0 fully saturated rings. The second kappa shape index (κ2) is 21.2. The molecule has 11 aromatic carbocycles. The van der Waals surface area contributed by atoms with Crippen LogP contribution >= 0.6 is 0 Å². The van der Waals surface area contributed by atoms with Gasteiger partial charge in [-0.3, -0.25) is 4.57 Å². The summed E-state index contributed by atoms with van der Waals surface area (Å²) in [5.74, 6) is 1.34. The normalized spacial score (nSPS) is 14.7. The summed E-state index contributed by atoms with van der Waals surface area (Å²) >= 11 is 0. The van der Waals surface area contributed by atoms with E-state index < -0.39 is 62.0 Å². The van der Waals surface area contributed by atoms with Crippen molar-refractivity contribution in [3.63, 3.8) is 0 Å². The van der Waals surface area contributed by atoms with Crippen molar-refractivity contribution in [3.05, 3.63) is 271 Å². The van der Waals surface area contributed by atoms with Gasteiger partial charge in [-0.25, -0.2) is 4.98 Å². The summed E-state index contributed by atoms with van der Waals surface area (Å²) in [6.07, 6.45) is 5.53. The van der Waals surface area contributed by atoms with Gasteiger partial charge in [0.2, 0.25) is 0 Å². The Kier molecular flexibility index (Phi) is 10.0. The third-order valence-corrected chi connectivity index (χ3v) is 17.0. The summed E-state index contributed by atoms with van der Waals surface area (Å²) in [5.41, 5.74) is 6.38. The topological polar surface area (TPSA) is 49.0 Å². The molecule has 1 aliphatic heterocycles. The molecule has 4 aromatic heterocycles. The van der Waals surface area contributed by atoms with Gasteiger partial charge >= 0.3 is 0 Å². The monoisotopic (exact) mass is 1340 g/mol. The van der Waals surface area contributed by atoms with Crippen molar-refractivity contribution in [1.82, 2.24) is 14.1 Å². The molecule has 0 unspecified atom stereocenters. The van der Waals surface area contributed by atoms with Crippen LogP contribution in [-0.2, 0) is 31.9 Å². The second-order valence-electron chi connectivity index (χ2n) is 24.5. The minimum atomic E-state index is -2.91. The molecule has 5 heterocycles. The van der Waals surface area contributed by atoms with Gasteiger partial charge in [-0.05, 0) is 179 Å². The van der Waals surface area contributed by atoms with Gasteiger partial charge in [0.15, 0.2) is 0 Å². The van der Waals surface area contributed by atoms with Crippen molar-refractivity contribution < 1.29 is 54.0 Å². The van der Waals surface area contributed by atoms with E-state index in [0.717, 1.165) is 43.9 Å². The SMILES string of the molecule is [2H]c1c([2H])c([2H])c2c(c1[2H])-c1cc(-c3c(C([2H])([2H])[2H])cccc3C([2H])([2H])[2H])cc(-c3ccc4oc5ccccc5c4c3)c1-[n+]1[c-]n(-c3[c-]c(Oc4[c-]c5c(cc4)c4ccccc4n5-c4cc(C(C)(C)C)ccn4)ccc3)c3cc(-c4ccc(C(C)(C)C)cc4)cc(c31)-c1c([2H])c([2H])c([2H])c([2H])c1-2.[Pt]. The molecule has 16 rings (SSSR count). The van der Waals surface area contributed by atoms with E-state index in [1.165, 1.54) is 24.3 Å². The van der Waals surface area contributed by atoms with Crippen LogP contribution in [0.2, 0.25) is 0 Å². The molecule has 0 saturated heterocycles. The molecule has 434 valence electrons. The van der Waals surface area contributed by atoms with E-state index in [2.05, 4.69) is 82.8 Å². The van der Waals surface area contributed by atoms with Crippen LogP contribution in [0.15, 0.2) is 235 Å². The average Bonchev–Trinajstić information content (AvgIpc) is 1.55. The van der Waals surface area contributed by atoms with Crippen molar-refractivity contribution >= 4 is 54.8 Å². The third kappa shape index (κ3) is 9.34. The summed E-state index contributed by atoms with van der Waals surface area (Å²) in [4.78, 5) is 4.88. The van der Waals surface area contributed by atoms with E-state index in [1.54, 1.807) is 39.5 Å². The van der Waals surface area contributed by atoms with E-state index in [9.17, 15) is 11.0 Å². The number of fused-ring (bicyclic) bond motifs is 13. The molecule has 0 radical (unpaired) electrons. The number of para-hydroxylation sites is 2. The molecule has 7 heteroatoms. The molecule has 0 N–H and O–H groups in total. The Morgan fingerprint density at radius 1 is 0.506 bits per heavy atom. The molecule has 1 aliphatic rings. The molecule has 0 amide bonds. The van der Waals surface area contributed by atoms with E-state index in [-0.39, 0.29) is 110 Å². The largest absolute Gasteiger partial charge is 0.510 e. The molecule has 15 aromatic rings. The Morgan fingerprint density at radius 2 is 1.15 bits per heavy atom. The number of aromatic nitrogens is 4. The second-order valence-corrected chi connectivity index (χ2v) is 24.5. The first-order valence-electron chi connectivity index (χ1n) is 36.2. The molecular weight excluding hydrogens is 1270 g/mol. The van der Waals surface area contributed by atoms with Crippen LogP contribution in [0.3, 0.4) is 0 Å². The number of imidazole rings is 1. The fourth-order valence-corrected chi connectivity index (χ4v) is 12.6. The number of pyridine rings is 1. The van der Waals surface area contributed by atoms with Gasteiger partial charge in [0.1, 0.15) is 17.0 Å². The smallest absolute Gasteiger partial charge is 0.268 e. The molecular formula is C82H62N4O2Pt-2. The maximum absolute atomic E-state index is 10.3. The molecule has 0 bridgehead atoms. The molecule has 0 aliphatic carbocycles. The minimum Gasteiger partial charge on any atom is -0.510 e. The van der Waals surface area contributed by atoms with Gasteiger partial charge in [-0.2, -0.15) is 18.2 Å². The molecule has 89 heavy (non-hydrogen) atoms. The molecule has 0 saturated carbocycles. The number of hydrogen-bond acceptors (Lipinski definition) is 3. The fourth-order valence-electron chi connectivity index (χ4n) is 12.6. The van der Waals surface area contributed by atoms with E-state index >= 15 is 0 Å². The molecule has 6 nitrogen and oxygen atoms in total. The average molecular weight is 1340 g/mol. The Hall–Kier alpha value is -9.87. The summed E-state index contributed by atoms with van der Waals surface area (Å²) in [5, 5.41) is 3.35. The summed E-state index contributed by atoms with van der Waals surface area (Å²) < 4.78 is 151. The first kappa shape index (κ1) is 42.1. The maximum Gasteiger partial charge on any atom is 0.268 e. The van der Waals surface area contributed by atoms with Gasteiger partial charge in [0.25, 0.3) is 6.33 Å². The van der Waals surface area contributed by atoms with Gasteiger partial charge < -0.3 is 18.3 Å². The minimum absolute atomic E-state index is 0. The predicted octanol–water partition coefficient (Wildman–Crippen LogP) is 21.0. The van der Waals surface area contributed by atoms with Crippen LogP contribution in [0, 0.1) is 32.2 Å². The number of hydrogen-bond donors (Lipinski definition) is 0. The summed E-state index contributed by atoms with van der Waals surface area (Å²) in [7, 11) is 0. The fraction of sp³-hybridized carbons (Fsp3) is 0.122. The standard InChI is InChI=1S/C82H62N4O2.Pt/c1-50-19-17-20-51(2)78(50)55-43-68(53-33-38-76-69(41-53)67-28-14-16-30-75(67)88-76)79-70(44-55)63-25-11-9-23-61(63)62-24-10-12-26-64(62)71-42-54(52-31-34-56(35-32-52)81(3,4)5)45-74-80(71)85(79)49-84(74)58-21-18-22-59(47-58)87-60-36-37-66-65-27-13-15-29-72(65)86(73(66)48-60)77-46-57(39-40-83-77)82(6,7)8;/h9-46H,1-8H3;/q-2;/i1D3,2D3,9D,10D,11D,12D,23D,24D,25D,26D;. The number of rotatable bonds is 7. The third-order valence-electron chi connectivity index (χ3n) is 17.0. The zero-order valence-electron chi connectivity index (χ0n) is 63.2. The Balaban J connectivity index is 0.00000856. The van der Waals surface area contributed by atoms with Crippen molar-refractivity contribution in [2.45, 2.75) is 66.1 Å². The number of benzene rings is 11. The van der Waals surface area contributed by atoms with Crippen molar-refractivity contribution in [3.8, 4) is 95.5 Å². The Morgan fingerprint density at radius 3 is 1.89 bits per heavy atom. The number of aryl methyl sites for hydroxylation is 2. The van der Waals surface area contributed by atoms with Crippen LogP contribution in [0.1, 0.15) is 83.0 Å². The van der Waals surface area contributed by atoms with Gasteiger partial charge in [0.05, 0.1) is 27.7 Å². The number of furan rings is 1. The van der Waals surface area contributed by atoms with E-state index in [0.29, 0.717) is 50.5 Å². The van der Waals surface area contributed by atoms with Crippen molar-refractivity contribution in [1.29, 1.82) is 0 Å².